The van der Waals surface area contributed by atoms with E-state index in [0.29, 0.717) is 47.2 Å². The van der Waals surface area contributed by atoms with Crippen LogP contribution in [0.2, 0.25) is 10.0 Å². The van der Waals surface area contributed by atoms with Gasteiger partial charge in [-0.1, -0.05) is 35.3 Å². The summed E-state index contributed by atoms with van der Waals surface area (Å²) in [6.45, 7) is 3.01. The van der Waals surface area contributed by atoms with Crippen LogP contribution in [-0.2, 0) is 11.3 Å². The van der Waals surface area contributed by atoms with Gasteiger partial charge in [0, 0.05) is 35.4 Å². The van der Waals surface area contributed by atoms with E-state index in [0.717, 1.165) is 0 Å². The molecule has 2 aromatic rings. The highest BCUT2D eigenvalue weighted by molar-refractivity contribution is 6.31. The molecule has 1 fully saturated rings. The summed E-state index contributed by atoms with van der Waals surface area (Å²) in [5.74, 6) is 0. The molecule has 0 bridgehead atoms. The predicted molar refractivity (Wildman–Crippen MR) is 113 cm³/mol. The third-order valence-electron chi connectivity index (χ3n) is 5.09. The lowest BCUT2D eigenvalue weighted by molar-refractivity contribution is -0.144. The second kappa shape index (κ2) is 9.54. The Hall–Kier alpha value is -2.16. The summed E-state index contributed by atoms with van der Waals surface area (Å²) in [4.78, 5) is 12.6. The number of benzene rings is 2. The molecule has 31 heavy (non-hydrogen) atoms. The highest BCUT2D eigenvalue weighted by atomic mass is 35.5. The molecule has 2 aromatic carbocycles. The Morgan fingerprint density at radius 3 is 2.61 bits per heavy atom. The number of rotatable bonds is 6. The fourth-order valence-electron chi connectivity index (χ4n) is 3.57. The van der Waals surface area contributed by atoms with E-state index in [1.54, 1.807) is 19.1 Å². The first-order valence-electron chi connectivity index (χ1n) is 9.52. The summed E-state index contributed by atoms with van der Waals surface area (Å²) in [6, 6.07) is 6.91. The van der Waals surface area contributed by atoms with E-state index < -0.39 is 24.5 Å². The van der Waals surface area contributed by atoms with Crippen molar-refractivity contribution in [2.45, 2.75) is 38.2 Å². The Morgan fingerprint density at radius 1 is 1.26 bits per heavy atom. The number of nitrogens with one attached hydrogen (secondary N) is 1. The van der Waals surface area contributed by atoms with E-state index >= 15 is 0 Å². The Balaban J connectivity index is 1.77. The van der Waals surface area contributed by atoms with Crippen LogP contribution in [0.25, 0.3) is 0 Å². The molecular weight excluding hydrogens is 456 g/mol. The maximum Gasteiger partial charge on any atom is 0.506 e. The third kappa shape index (κ3) is 6.18. The van der Waals surface area contributed by atoms with Crippen molar-refractivity contribution in [3.63, 3.8) is 0 Å². The zero-order chi connectivity index (χ0) is 22.8. The standard InChI is InChI=1S/C21H21Cl2F3N2O3/c1-12-8-13(2-4-17(12)22)19(21(24,25)26)27-15-3-5-18(23)14(9-15)10-28-7-6-16(11-28)31-20(29)30/h2-5,8-9,16,19,27H,6-7,10-11H2,1H3,(H,29,30)/t16?,19-/m0/s1. The van der Waals surface area contributed by atoms with Crippen LogP contribution in [0.1, 0.15) is 29.2 Å². The Bertz CT molecular complexity index is 956. The molecule has 0 saturated carbocycles. The summed E-state index contributed by atoms with van der Waals surface area (Å²) in [7, 11) is 0. The van der Waals surface area contributed by atoms with Crippen molar-refractivity contribution in [2.24, 2.45) is 0 Å². The molecule has 10 heteroatoms. The van der Waals surface area contributed by atoms with Crippen LogP contribution in [0.4, 0.5) is 23.7 Å². The molecule has 1 unspecified atom stereocenters. The fourth-order valence-corrected chi connectivity index (χ4v) is 3.87. The molecule has 2 N–H and O–H groups in total. The highest BCUT2D eigenvalue weighted by Crippen LogP contribution is 2.37. The summed E-state index contributed by atoms with van der Waals surface area (Å²) in [5, 5.41) is 12.1. The number of halogens is 5. The van der Waals surface area contributed by atoms with Crippen LogP contribution in [0, 0.1) is 6.92 Å². The van der Waals surface area contributed by atoms with Gasteiger partial charge >= 0.3 is 12.3 Å². The van der Waals surface area contributed by atoms with Crippen molar-refractivity contribution in [1.82, 2.24) is 4.90 Å². The van der Waals surface area contributed by atoms with E-state index in [2.05, 4.69) is 5.32 Å². The topological polar surface area (TPSA) is 61.8 Å². The Morgan fingerprint density at radius 2 is 1.97 bits per heavy atom. The fraction of sp³-hybridized carbons (Fsp3) is 0.381. The van der Waals surface area contributed by atoms with Crippen molar-refractivity contribution in [1.29, 1.82) is 0 Å². The normalized spacial score (nSPS) is 18.1. The summed E-state index contributed by atoms with van der Waals surface area (Å²) >= 11 is 12.2. The summed E-state index contributed by atoms with van der Waals surface area (Å²) in [6.07, 6.45) is -5.74. The van der Waals surface area contributed by atoms with E-state index in [1.807, 2.05) is 4.90 Å². The summed E-state index contributed by atoms with van der Waals surface area (Å²) < 4.78 is 46.1. The van der Waals surface area contributed by atoms with Gasteiger partial charge in [-0.25, -0.2) is 4.79 Å². The number of ether oxygens (including phenoxy) is 1. The second-order valence-corrected chi connectivity index (χ2v) is 8.28. The van der Waals surface area contributed by atoms with Crippen LogP contribution >= 0.6 is 23.2 Å². The average molecular weight is 477 g/mol. The highest BCUT2D eigenvalue weighted by Gasteiger charge is 2.41. The molecule has 0 amide bonds. The maximum absolute atomic E-state index is 13.8. The molecule has 2 atom stereocenters. The smallest absolute Gasteiger partial charge is 0.450 e. The first-order chi connectivity index (χ1) is 14.5. The molecule has 5 nitrogen and oxygen atoms in total. The molecule has 0 radical (unpaired) electrons. The van der Waals surface area contributed by atoms with Crippen LogP contribution < -0.4 is 5.32 Å². The minimum absolute atomic E-state index is 0.0547. The largest absolute Gasteiger partial charge is 0.506 e. The number of hydrogen-bond donors (Lipinski definition) is 2. The van der Waals surface area contributed by atoms with Gasteiger partial charge in [0.05, 0.1) is 0 Å². The van der Waals surface area contributed by atoms with Gasteiger partial charge in [0.2, 0.25) is 0 Å². The quantitative estimate of drug-likeness (QED) is 0.479. The van der Waals surface area contributed by atoms with Gasteiger partial charge in [-0.3, -0.25) is 4.90 Å². The van der Waals surface area contributed by atoms with E-state index in [1.165, 1.54) is 24.3 Å². The first kappa shape index (κ1) is 23.5. The van der Waals surface area contributed by atoms with E-state index in [-0.39, 0.29) is 11.3 Å². The van der Waals surface area contributed by atoms with Crippen molar-refractivity contribution < 1.29 is 27.8 Å². The lowest BCUT2D eigenvalue weighted by atomic mass is 10.0. The monoisotopic (exact) mass is 476 g/mol. The average Bonchev–Trinajstić information content (AvgIpc) is 3.10. The Labute approximate surface area is 187 Å². The van der Waals surface area contributed by atoms with E-state index in [4.69, 9.17) is 33.0 Å². The minimum atomic E-state index is -4.53. The van der Waals surface area contributed by atoms with Gasteiger partial charge < -0.3 is 15.2 Å². The van der Waals surface area contributed by atoms with Crippen LogP contribution in [-0.4, -0.2) is 41.5 Å². The van der Waals surface area contributed by atoms with Crippen molar-refractivity contribution in [3.8, 4) is 0 Å². The van der Waals surface area contributed by atoms with Crippen molar-refractivity contribution >= 4 is 35.0 Å². The van der Waals surface area contributed by atoms with Crippen LogP contribution in [0.3, 0.4) is 0 Å². The van der Waals surface area contributed by atoms with Gasteiger partial charge in [-0.05, 0) is 54.3 Å². The van der Waals surface area contributed by atoms with Crippen molar-refractivity contribution in [2.75, 3.05) is 18.4 Å². The van der Waals surface area contributed by atoms with Gasteiger partial charge in [-0.2, -0.15) is 13.2 Å². The zero-order valence-corrected chi connectivity index (χ0v) is 18.1. The zero-order valence-electron chi connectivity index (χ0n) is 16.5. The molecule has 3 rings (SSSR count). The number of nitrogens with zero attached hydrogens (tertiary/aromatic N) is 1. The number of likely N-dealkylation sites (tertiary alicyclic amines) is 1. The molecule has 168 valence electrons. The predicted octanol–water partition coefficient (Wildman–Crippen LogP) is 6.29. The first-order valence-corrected chi connectivity index (χ1v) is 10.3. The molecule has 1 aliphatic rings. The third-order valence-corrected chi connectivity index (χ3v) is 5.88. The number of carboxylic acid groups (broad SMARTS) is 1. The Kier molecular flexibility index (Phi) is 7.24. The molecule has 1 saturated heterocycles. The van der Waals surface area contributed by atoms with Gasteiger partial charge in [-0.15, -0.1) is 0 Å². The van der Waals surface area contributed by atoms with E-state index in [9.17, 15) is 18.0 Å². The van der Waals surface area contributed by atoms with Crippen LogP contribution in [0.15, 0.2) is 36.4 Å². The minimum Gasteiger partial charge on any atom is -0.450 e. The second-order valence-electron chi connectivity index (χ2n) is 7.46. The summed E-state index contributed by atoms with van der Waals surface area (Å²) in [5.41, 5.74) is 1.51. The molecule has 1 heterocycles. The molecule has 0 aromatic heterocycles. The number of aryl methyl sites for hydroxylation is 1. The number of alkyl halides is 3. The molecule has 1 aliphatic heterocycles. The number of anilines is 1. The van der Waals surface area contributed by atoms with Gasteiger partial charge in [0.15, 0.2) is 0 Å². The van der Waals surface area contributed by atoms with Gasteiger partial charge in [0.25, 0.3) is 0 Å². The van der Waals surface area contributed by atoms with Crippen molar-refractivity contribution in [3.05, 3.63) is 63.1 Å². The lowest BCUT2D eigenvalue weighted by Gasteiger charge is -2.24. The SMILES string of the molecule is Cc1cc([C@H](Nc2ccc(Cl)c(CN3CCC(OC(=O)O)C3)c2)C(F)(F)F)ccc1Cl. The molecule has 0 aliphatic carbocycles. The van der Waals surface area contributed by atoms with Gasteiger partial charge in [0.1, 0.15) is 12.1 Å². The molecule has 0 spiro atoms. The maximum atomic E-state index is 13.8. The lowest BCUT2D eigenvalue weighted by Crippen LogP contribution is -2.28. The van der Waals surface area contributed by atoms with Crippen LogP contribution in [0.5, 0.6) is 0 Å². The number of carbonyl (C=O) groups is 1. The molecular formula is C21H21Cl2F3N2O3. The number of hydrogen-bond acceptors (Lipinski definition) is 4.